The molecule has 2 aromatic carbocycles. The molecule has 0 bridgehead atoms. The molecule has 1 N–H and O–H groups in total. The van der Waals surface area contributed by atoms with Crippen LogP contribution in [0.15, 0.2) is 77.4 Å². The molecule has 3 aromatic rings. The molecular formula is C27H23ClN2O6. The van der Waals surface area contributed by atoms with Crippen LogP contribution in [0.1, 0.15) is 22.5 Å². The first-order valence-corrected chi connectivity index (χ1v) is 11.4. The number of ether oxygens (including phenoxy) is 2. The molecule has 1 saturated heterocycles. The zero-order chi connectivity index (χ0) is 25.7. The largest absolute Gasteiger partial charge is 0.493 e. The van der Waals surface area contributed by atoms with E-state index in [1.165, 1.54) is 19.4 Å². The van der Waals surface area contributed by atoms with Crippen LogP contribution < -0.4 is 14.8 Å². The molecule has 184 valence electrons. The third kappa shape index (κ3) is 5.34. The lowest BCUT2D eigenvalue weighted by Crippen LogP contribution is -2.53. The van der Waals surface area contributed by atoms with Gasteiger partial charge in [-0.05, 0) is 48.4 Å². The number of hydrogen-bond donors (Lipinski definition) is 1. The van der Waals surface area contributed by atoms with Gasteiger partial charge in [-0.25, -0.2) is 4.79 Å². The number of methoxy groups -OCH3 is 1. The zero-order valence-corrected chi connectivity index (χ0v) is 20.2. The van der Waals surface area contributed by atoms with Gasteiger partial charge in [0.05, 0.1) is 19.9 Å². The highest BCUT2D eigenvalue weighted by Gasteiger charge is 2.36. The third-order valence-electron chi connectivity index (χ3n) is 5.46. The maximum absolute atomic E-state index is 13.0. The minimum absolute atomic E-state index is 0.109. The molecular weight excluding hydrogens is 484 g/mol. The summed E-state index contributed by atoms with van der Waals surface area (Å²) in [5.41, 5.74) is 1.86. The first-order chi connectivity index (χ1) is 17.4. The average molecular weight is 507 g/mol. The van der Waals surface area contributed by atoms with Gasteiger partial charge >= 0.3 is 6.03 Å². The van der Waals surface area contributed by atoms with Crippen molar-refractivity contribution in [2.45, 2.75) is 19.6 Å². The van der Waals surface area contributed by atoms with Gasteiger partial charge in [0.2, 0.25) is 0 Å². The Labute approximate surface area is 212 Å². The smallest absolute Gasteiger partial charge is 0.331 e. The quantitative estimate of drug-likeness (QED) is 0.251. The standard InChI is InChI=1S/C27H23ClN2O6/c1-3-7-18-12-17(14-23(34-2)24(18)36-16-19-8-4-5-10-22(19)28)13-21-25(31)29-27(33)30(26(21)32)15-20-9-6-11-35-20/h3-6,8-14H,1,7,15-16H2,2H3,(H,29,31,33)/b21-13+. The number of barbiturate groups is 1. The van der Waals surface area contributed by atoms with Crippen molar-refractivity contribution >= 4 is 35.5 Å². The molecule has 1 aliphatic rings. The van der Waals surface area contributed by atoms with E-state index in [-0.39, 0.29) is 18.7 Å². The minimum atomic E-state index is -0.813. The molecule has 0 radical (unpaired) electrons. The number of nitrogens with zero attached hydrogens (tertiary/aromatic N) is 1. The van der Waals surface area contributed by atoms with Crippen LogP contribution in [0.4, 0.5) is 4.79 Å². The van der Waals surface area contributed by atoms with Gasteiger partial charge in [-0.3, -0.25) is 19.8 Å². The lowest BCUT2D eigenvalue weighted by molar-refractivity contribution is -0.130. The molecule has 0 aliphatic carbocycles. The molecule has 9 heteroatoms. The predicted molar refractivity (Wildman–Crippen MR) is 133 cm³/mol. The Balaban J connectivity index is 1.66. The second-order valence-corrected chi connectivity index (χ2v) is 8.28. The highest BCUT2D eigenvalue weighted by Crippen LogP contribution is 2.35. The van der Waals surface area contributed by atoms with Gasteiger partial charge in [0.1, 0.15) is 17.9 Å². The van der Waals surface area contributed by atoms with Crippen LogP contribution in [0.2, 0.25) is 5.02 Å². The van der Waals surface area contributed by atoms with Crippen LogP contribution in [-0.2, 0) is 29.2 Å². The molecule has 36 heavy (non-hydrogen) atoms. The van der Waals surface area contributed by atoms with Gasteiger partial charge in [-0.2, -0.15) is 0 Å². The zero-order valence-electron chi connectivity index (χ0n) is 19.5. The van der Waals surface area contributed by atoms with Crippen LogP contribution in [0.5, 0.6) is 11.5 Å². The van der Waals surface area contributed by atoms with Gasteiger partial charge in [0, 0.05) is 16.1 Å². The highest BCUT2D eigenvalue weighted by molar-refractivity contribution is 6.31. The number of rotatable bonds is 9. The normalized spacial score (nSPS) is 14.7. The monoisotopic (exact) mass is 506 g/mol. The fourth-order valence-corrected chi connectivity index (χ4v) is 3.91. The van der Waals surface area contributed by atoms with E-state index in [4.69, 9.17) is 25.5 Å². The van der Waals surface area contributed by atoms with Gasteiger partial charge in [-0.15, -0.1) is 6.58 Å². The Morgan fingerprint density at radius 1 is 1.11 bits per heavy atom. The second-order valence-electron chi connectivity index (χ2n) is 7.87. The first-order valence-electron chi connectivity index (χ1n) is 11.0. The number of amides is 4. The average Bonchev–Trinajstić information content (AvgIpc) is 3.38. The summed E-state index contributed by atoms with van der Waals surface area (Å²) in [6, 6.07) is 13.2. The van der Waals surface area contributed by atoms with Crippen molar-refractivity contribution in [3.05, 3.63) is 100 Å². The lowest BCUT2D eigenvalue weighted by Gasteiger charge is -2.25. The topological polar surface area (TPSA) is 98.1 Å². The van der Waals surface area contributed by atoms with Gasteiger partial charge in [0.25, 0.3) is 11.8 Å². The van der Waals surface area contributed by atoms with Crippen molar-refractivity contribution < 1.29 is 28.3 Å². The van der Waals surface area contributed by atoms with E-state index in [1.807, 2.05) is 18.2 Å². The van der Waals surface area contributed by atoms with Gasteiger partial charge < -0.3 is 13.9 Å². The van der Waals surface area contributed by atoms with Gasteiger partial charge in [0.15, 0.2) is 11.5 Å². The van der Waals surface area contributed by atoms with Crippen LogP contribution in [0, 0.1) is 0 Å². The summed E-state index contributed by atoms with van der Waals surface area (Å²) in [6.45, 7) is 3.91. The summed E-state index contributed by atoms with van der Waals surface area (Å²) < 4.78 is 16.9. The summed E-state index contributed by atoms with van der Waals surface area (Å²) in [6.07, 6.45) is 4.99. The Hall–Kier alpha value is -4.30. The minimum Gasteiger partial charge on any atom is -0.493 e. The Morgan fingerprint density at radius 3 is 2.61 bits per heavy atom. The molecule has 4 amide bonds. The van der Waals surface area contributed by atoms with E-state index in [1.54, 1.807) is 36.4 Å². The number of allylic oxidation sites excluding steroid dienone is 1. The number of halogens is 1. The third-order valence-corrected chi connectivity index (χ3v) is 5.83. The molecule has 2 heterocycles. The van der Waals surface area contributed by atoms with Crippen LogP contribution in [-0.4, -0.2) is 29.9 Å². The maximum atomic E-state index is 13.0. The number of carbonyl (C=O) groups is 3. The molecule has 0 atom stereocenters. The van der Waals surface area contributed by atoms with Crippen molar-refractivity contribution in [2.75, 3.05) is 7.11 Å². The van der Waals surface area contributed by atoms with E-state index in [0.717, 1.165) is 16.0 Å². The molecule has 1 fully saturated rings. The van der Waals surface area contributed by atoms with Crippen LogP contribution in [0.3, 0.4) is 0 Å². The second kappa shape index (κ2) is 11.0. The summed E-state index contributed by atoms with van der Waals surface area (Å²) in [4.78, 5) is 38.8. The summed E-state index contributed by atoms with van der Waals surface area (Å²) in [5, 5.41) is 2.78. The van der Waals surface area contributed by atoms with Crippen molar-refractivity contribution in [1.29, 1.82) is 0 Å². The summed E-state index contributed by atoms with van der Waals surface area (Å²) >= 11 is 6.25. The number of furan rings is 1. The van der Waals surface area contributed by atoms with Gasteiger partial charge in [-0.1, -0.05) is 35.9 Å². The highest BCUT2D eigenvalue weighted by atomic mass is 35.5. The molecule has 4 rings (SSSR count). The predicted octanol–water partition coefficient (Wildman–Crippen LogP) is 4.91. The number of urea groups is 1. The van der Waals surface area contributed by atoms with Crippen molar-refractivity contribution in [3.63, 3.8) is 0 Å². The van der Waals surface area contributed by atoms with E-state index in [0.29, 0.717) is 34.3 Å². The molecule has 1 aromatic heterocycles. The fourth-order valence-electron chi connectivity index (χ4n) is 3.72. The molecule has 0 unspecified atom stereocenters. The summed E-state index contributed by atoms with van der Waals surface area (Å²) in [5.74, 6) is -0.219. The SMILES string of the molecule is C=CCc1cc(/C=C2\C(=O)NC(=O)N(Cc3ccco3)C2=O)cc(OC)c1OCc1ccccc1Cl. The lowest BCUT2D eigenvalue weighted by atomic mass is 10.0. The molecule has 0 saturated carbocycles. The number of carbonyl (C=O) groups excluding carboxylic acids is 3. The van der Waals surface area contributed by atoms with Crippen molar-refractivity contribution in [1.82, 2.24) is 10.2 Å². The number of hydrogen-bond acceptors (Lipinski definition) is 6. The van der Waals surface area contributed by atoms with Crippen molar-refractivity contribution in [2.24, 2.45) is 0 Å². The Morgan fingerprint density at radius 2 is 1.92 bits per heavy atom. The van der Waals surface area contributed by atoms with Crippen LogP contribution >= 0.6 is 11.6 Å². The van der Waals surface area contributed by atoms with E-state index in [9.17, 15) is 14.4 Å². The molecule has 0 spiro atoms. The first kappa shape index (κ1) is 24.8. The Bertz CT molecular complexity index is 1350. The summed E-state index contributed by atoms with van der Waals surface area (Å²) in [7, 11) is 1.49. The van der Waals surface area contributed by atoms with Crippen LogP contribution in [0.25, 0.3) is 6.08 Å². The Kier molecular flexibility index (Phi) is 7.56. The maximum Gasteiger partial charge on any atom is 0.331 e. The molecule has 8 nitrogen and oxygen atoms in total. The van der Waals surface area contributed by atoms with E-state index in [2.05, 4.69) is 11.9 Å². The number of benzene rings is 2. The fraction of sp³-hybridized carbons (Fsp3) is 0.148. The number of imide groups is 2. The van der Waals surface area contributed by atoms with Crippen molar-refractivity contribution in [3.8, 4) is 11.5 Å². The van der Waals surface area contributed by atoms with E-state index >= 15 is 0 Å². The van der Waals surface area contributed by atoms with E-state index < -0.39 is 17.8 Å². The molecule has 1 aliphatic heterocycles. The number of nitrogens with one attached hydrogen (secondary N) is 1.